The number of aliphatic imine (C=N–C) groups is 1. The van der Waals surface area contributed by atoms with Gasteiger partial charge in [-0.05, 0) is 24.6 Å². The van der Waals surface area contributed by atoms with E-state index >= 15 is 0 Å². The summed E-state index contributed by atoms with van der Waals surface area (Å²) in [4.78, 5) is 4.43. The zero-order valence-corrected chi connectivity index (χ0v) is 11.5. The van der Waals surface area contributed by atoms with Crippen molar-refractivity contribution in [1.29, 1.82) is 0 Å². The largest absolute Gasteiger partial charge is 0.393 e. The van der Waals surface area contributed by atoms with Gasteiger partial charge in [0.2, 0.25) is 0 Å². The Hall–Kier alpha value is -2.33. The summed E-state index contributed by atoms with van der Waals surface area (Å²) in [5.41, 5.74) is 6.96. The SMILES string of the molecule is CC(CO)(N=C(N)Nc1ccccc1)c1ccccc1. The Labute approximate surface area is 119 Å². The monoisotopic (exact) mass is 269 g/mol. The molecule has 0 aliphatic carbocycles. The summed E-state index contributed by atoms with van der Waals surface area (Å²) in [6.07, 6.45) is 0. The van der Waals surface area contributed by atoms with Gasteiger partial charge < -0.3 is 16.2 Å². The number of aliphatic hydroxyl groups excluding tert-OH is 1. The predicted molar refractivity (Wildman–Crippen MR) is 82.6 cm³/mol. The summed E-state index contributed by atoms with van der Waals surface area (Å²) in [7, 11) is 0. The molecule has 0 fully saturated rings. The van der Waals surface area contributed by atoms with Crippen LogP contribution in [0.15, 0.2) is 65.7 Å². The van der Waals surface area contributed by atoms with Crippen molar-refractivity contribution in [2.75, 3.05) is 11.9 Å². The van der Waals surface area contributed by atoms with Gasteiger partial charge in [0.15, 0.2) is 5.96 Å². The summed E-state index contributed by atoms with van der Waals surface area (Å²) >= 11 is 0. The fourth-order valence-electron chi connectivity index (χ4n) is 1.95. The van der Waals surface area contributed by atoms with E-state index in [1.165, 1.54) is 0 Å². The molecule has 0 bridgehead atoms. The number of rotatable bonds is 4. The summed E-state index contributed by atoms with van der Waals surface area (Å²) < 4.78 is 0. The first-order chi connectivity index (χ1) is 9.64. The zero-order valence-electron chi connectivity index (χ0n) is 11.5. The maximum Gasteiger partial charge on any atom is 0.194 e. The molecule has 4 heteroatoms. The van der Waals surface area contributed by atoms with Gasteiger partial charge in [-0.1, -0.05) is 48.5 Å². The highest BCUT2D eigenvalue weighted by Gasteiger charge is 2.25. The Kier molecular flexibility index (Phi) is 4.38. The number of hydrogen-bond donors (Lipinski definition) is 3. The average molecular weight is 269 g/mol. The smallest absolute Gasteiger partial charge is 0.194 e. The molecule has 0 saturated carbocycles. The van der Waals surface area contributed by atoms with Crippen LogP contribution >= 0.6 is 0 Å². The molecule has 20 heavy (non-hydrogen) atoms. The average Bonchev–Trinajstić information content (AvgIpc) is 2.49. The van der Waals surface area contributed by atoms with E-state index in [1.54, 1.807) is 0 Å². The van der Waals surface area contributed by atoms with Crippen molar-refractivity contribution in [3.05, 3.63) is 66.2 Å². The van der Waals surface area contributed by atoms with Gasteiger partial charge in [0.1, 0.15) is 5.54 Å². The lowest BCUT2D eigenvalue weighted by Crippen LogP contribution is -2.32. The van der Waals surface area contributed by atoms with Gasteiger partial charge in [-0.2, -0.15) is 0 Å². The number of nitrogens with one attached hydrogen (secondary N) is 1. The predicted octanol–water partition coefficient (Wildman–Crippen LogP) is 2.32. The van der Waals surface area contributed by atoms with E-state index in [1.807, 2.05) is 67.6 Å². The lowest BCUT2D eigenvalue weighted by Gasteiger charge is -2.24. The van der Waals surface area contributed by atoms with Crippen LogP contribution in [-0.2, 0) is 5.54 Å². The van der Waals surface area contributed by atoms with Crippen molar-refractivity contribution < 1.29 is 5.11 Å². The van der Waals surface area contributed by atoms with Crippen molar-refractivity contribution in [2.45, 2.75) is 12.5 Å². The number of nitrogens with two attached hydrogens (primary N) is 1. The van der Waals surface area contributed by atoms with Crippen molar-refractivity contribution in [3.8, 4) is 0 Å². The molecule has 1 unspecified atom stereocenters. The third-order valence-electron chi connectivity index (χ3n) is 3.12. The van der Waals surface area contributed by atoms with Gasteiger partial charge in [0.05, 0.1) is 6.61 Å². The number of guanidine groups is 1. The minimum absolute atomic E-state index is 0.117. The molecule has 1 atom stereocenters. The number of aliphatic hydroxyl groups is 1. The van der Waals surface area contributed by atoms with Crippen LogP contribution in [0.3, 0.4) is 0 Å². The highest BCUT2D eigenvalue weighted by molar-refractivity contribution is 5.92. The fraction of sp³-hybridized carbons (Fsp3) is 0.188. The van der Waals surface area contributed by atoms with Crippen LogP contribution in [0.4, 0.5) is 5.69 Å². The zero-order chi connectivity index (χ0) is 14.4. The lowest BCUT2D eigenvalue weighted by molar-refractivity contribution is 0.211. The van der Waals surface area contributed by atoms with Crippen LogP contribution in [0.1, 0.15) is 12.5 Å². The number of anilines is 1. The molecule has 4 N–H and O–H groups in total. The minimum Gasteiger partial charge on any atom is -0.393 e. The molecule has 0 aliphatic rings. The van der Waals surface area contributed by atoms with Crippen LogP contribution in [0.5, 0.6) is 0 Å². The lowest BCUT2D eigenvalue weighted by atomic mass is 9.94. The summed E-state index contributed by atoms with van der Waals surface area (Å²) in [6, 6.07) is 19.2. The number of hydrogen-bond acceptors (Lipinski definition) is 2. The van der Waals surface area contributed by atoms with Gasteiger partial charge in [0, 0.05) is 5.69 Å². The molecule has 0 amide bonds. The molecule has 2 aromatic rings. The number of nitrogens with zero attached hydrogens (tertiary/aromatic N) is 1. The molecule has 0 heterocycles. The van der Waals surface area contributed by atoms with E-state index < -0.39 is 5.54 Å². The van der Waals surface area contributed by atoms with E-state index in [0.717, 1.165) is 11.3 Å². The standard InChI is InChI=1S/C16H19N3O/c1-16(12-20,13-8-4-2-5-9-13)19-15(17)18-14-10-6-3-7-11-14/h2-11,20H,12H2,1H3,(H3,17,18,19). The molecular weight excluding hydrogens is 250 g/mol. The van der Waals surface area contributed by atoms with Crippen molar-refractivity contribution in [1.82, 2.24) is 0 Å². The van der Waals surface area contributed by atoms with Crippen LogP contribution < -0.4 is 11.1 Å². The first kappa shape index (κ1) is 14.1. The van der Waals surface area contributed by atoms with Crippen LogP contribution in [0, 0.1) is 0 Å². The van der Waals surface area contributed by atoms with Gasteiger partial charge in [-0.15, -0.1) is 0 Å². The fourth-order valence-corrected chi connectivity index (χ4v) is 1.95. The van der Waals surface area contributed by atoms with Gasteiger partial charge in [-0.25, -0.2) is 4.99 Å². The minimum atomic E-state index is -0.757. The Balaban J connectivity index is 2.22. The second-order valence-electron chi connectivity index (χ2n) is 4.79. The van der Waals surface area contributed by atoms with Crippen LogP contribution in [0.2, 0.25) is 0 Å². The topological polar surface area (TPSA) is 70.6 Å². The highest BCUT2D eigenvalue weighted by atomic mass is 16.3. The normalized spacial score (nSPS) is 14.6. The van der Waals surface area contributed by atoms with Gasteiger partial charge >= 0.3 is 0 Å². The molecule has 0 aromatic heterocycles. The molecule has 2 rings (SSSR count). The first-order valence-corrected chi connectivity index (χ1v) is 6.48. The van der Waals surface area contributed by atoms with Crippen molar-refractivity contribution in [2.24, 2.45) is 10.7 Å². The summed E-state index contributed by atoms with van der Waals surface area (Å²) in [5, 5.41) is 12.7. The van der Waals surface area contributed by atoms with Crippen LogP contribution in [-0.4, -0.2) is 17.7 Å². The maximum atomic E-state index is 9.66. The summed E-state index contributed by atoms with van der Waals surface area (Å²) in [6.45, 7) is 1.73. The Bertz CT molecular complexity index is 569. The quantitative estimate of drug-likeness (QED) is 0.589. The Morgan fingerprint density at radius 1 is 1.10 bits per heavy atom. The van der Waals surface area contributed by atoms with Crippen molar-refractivity contribution >= 4 is 11.6 Å². The second kappa shape index (κ2) is 6.21. The third-order valence-corrected chi connectivity index (χ3v) is 3.12. The van der Waals surface area contributed by atoms with E-state index in [4.69, 9.17) is 5.73 Å². The van der Waals surface area contributed by atoms with Gasteiger partial charge in [0.25, 0.3) is 0 Å². The molecule has 104 valence electrons. The van der Waals surface area contributed by atoms with Crippen LogP contribution in [0.25, 0.3) is 0 Å². The highest BCUT2D eigenvalue weighted by Crippen LogP contribution is 2.24. The van der Waals surface area contributed by atoms with E-state index in [0.29, 0.717) is 0 Å². The molecule has 0 radical (unpaired) electrons. The second-order valence-corrected chi connectivity index (χ2v) is 4.79. The molecular formula is C16H19N3O. The Morgan fingerprint density at radius 2 is 1.65 bits per heavy atom. The third kappa shape index (κ3) is 3.36. The molecule has 4 nitrogen and oxygen atoms in total. The van der Waals surface area contributed by atoms with E-state index in [9.17, 15) is 5.11 Å². The molecule has 0 saturated heterocycles. The number of para-hydroxylation sites is 1. The summed E-state index contributed by atoms with van der Waals surface area (Å²) in [5.74, 6) is 0.275. The number of benzene rings is 2. The van der Waals surface area contributed by atoms with E-state index in [2.05, 4.69) is 10.3 Å². The molecule has 2 aromatic carbocycles. The first-order valence-electron chi connectivity index (χ1n) is 6.48. The molecule has 0 aliphatic heterocycles. The van der Waals surface area contributed by atoms with E-state index in [-0.39, 0.29) is 12.6 Å². The van der Waals surface area contributed by atoms with Crippen molar-refractivity contribution in [3.63, 3.8) is 0 Å². The maximum absolute atomic E-state index is 9.66. The molecule has 0 spiro atoms. The Morgan fingerprint density at radius 3 is 2.20 bits per heavy atom. The van der Waals surface area contributed by atoms with Gasteiger partial charge in [-0.3, -0.25) is 0 Å².